The van der Waals surface area contributed by atoms with E-state index in [1.165, 1.54) is 31.4 Å². The van der Waals surface area contributed by atoms with Crippen molar-refractivity contribution in [1.29, 1.82) is 0 Å². The molecule has 0 aliphatic heterocycles. The van der Waals surface area contributed by atoms with Gasteiger partial charge in [-0.1, -0.05) is 35.4 Å². The summed E-state index contributed by atoms with van der Waals surface area (Å²) in [5.41, 5.74) is 1.84. The van der Waals surface area contributed by atoms with Gasteiger partial charge in [-0.05, 0) is 38.1 Å². The number of benzene rings is 2. The van der Waals surface area contributed by atoms with Crippen molar-refractivity contribution >= 4 is 20.2 Å². The van der Waals surface area contributed by atoms with Gasteiger partial charge in [0.1, 0.15) is 6.10 Å². The van der Waals surface area contributed by atoms with Gasteiger partial charge in [0.25, 0.3) is 20.2 Å². The highest BCUT2D eigenvalue weighted by molar-refractivity contribution is 7.87. The first-order valence-corrected chi connectivity index (χ1v) is 11.4. The van der Waals surface area contributed by atoms with Crippen LogP contribution in [0.4, 0.5) is 0 Å². The van der Waals surface area contributed by atoms with Crippen LogP contribution in [0.25, 0.3) is 0 Å². The minimum absolute atomic E-state index is 0.0179. The zero-order valence-electron chi connectivity index (χ0n) is 16.0. The van der Waals surface area contributed by atoms with Gasteiger partial charge in [0.2, 0.25) is 0 Å². The third-order valence-electron chi connectivity index (χ3n) is 3.91. The minimum Gasteiger partial charge on any atom is -0.382 e. The average molecular weight is 429 g/mol. The van der Waals surface area contributed by atoms with E-state index in [0.29, 0.717) is 0 Å². The van der Waals surface area contributed by atoms with Gasteiger partial charge in [-0.15, -0.1) is 0 Å². The maximum absolute atomic E-state index is 12.4. The van der Waals surface area contributed by atoms with E-state index in [-0.39, 0.29) is 29.4 Å². The molecule has 0 fully saturated rings. The summed E-state index contributed by atoms with van der Waals surface area (Å²) in [6.07, 6.45) is -0.867. The first kappa shape index (κ1) is 22.5. The Labute approximate surface area is 166 Å². The van der Waals surface area contributed by atoms with Crippen molar-refractivity contribution in [2.45, 2.75) is 36.2 Å². The molecule has 2 aromatic rings. The Morgan fingerprint density at radius 1 is 0.786 bits per heavy atom. The molecule has 1 atom stereocenters. The summed E-state index contributed by atoms with van der Waals surface area (Å²) >= 11 is 0. The van der Waals surface area contributed by atoms with Gasteiger partial charge in [0.15, 0.2) is 0 Å². The van der Waals surface area contributed by atoms with Crippen LogP contribution in [0.5, 0.6) is 0 Å². The fraction of sp³-hybridized carbons (Fsp3) is 0.368. The van der Waals surface area contributed by atoms with Crippen LogP contribution in [0, 0.1) is 13.8 Å². The number of aryl methyl sites for hydroxylation is 2. The quantitative estimate of drug-likeness (QED) is 0.537. The van der Waals surface area contributed by atoms with Crippen molar-refractivity contribution in [1.82, 2.24) is 0 Å². The molecular weight excluding hydrogens is 404 g/mol. The molecule has 0 spiro atoms. The van der Waals surface area contributed by atoms with Crippen LogP contribution in [-0.2, 0) is 33.3 Å². The summed E-state index contributed by atoms with van der Waals surface area (Å²) in [5, 5.41) is 0. The van der Waals surface area contributed by atoms with Gasteiger partial charge in [-0.2, -0.15) is 16.8 Å². The van der Waals surface area contributed by atoms with E-state index in [0.717, 1.165) is 11.1 Å². The van der Waals surface area contributed by atoms with E-state index >= 15 is 0 Å². The zero-order chi connectivity index (χ0) is 20.8. The van der Waals surface area contributed by atoms with E-state index in [9.17, 15) is 16.8 Å². The van der Waals surface area contributed by atoms with Crippen LogP contribution in [0.2, 0.25) is 0 Å². The van der Waals surface area contributed by atoms with Crippen molar-refractivity contribution in [2.24, 2.45) is 0 Å². The van der Waals surface area contributed by atoms with Crippen LogP contribution in [-0.4, -0.2) is 43.3 Å². The molecule has 9 heteroatoms. The largest absolute Gasteiger partial charge is 0.382 e. The molecule has 0 heterocycles. The van der Waals surface area contributed by atoms with E-state index < -0.39 is 26.3 Å². The maximum Gasteiger partial charge on any atom is 0.297 e. The van der Waals surface area contributed by atoms with E-state index in [4.69, 9.17) is 13.1 Å². The molecule has 0 amide bonds. The molecule has 0 aliphatic rings. The second-order valence-electron chi connectivity index (χ2n) is 6.32. The summed E-state index contributed by atoms with van der Waals surface area (Å²) in [7, 11) is -6.54. The molecule has 0 N–H and O–H groups in total. The summed E-state index contributed by atoms with van der Waals surface area (Å²) < 4.78 is 64.4. The van der Waals surface area contributed by atoms with Crippen LogP contribution in [0.15, 0.2) is 58.3 Å². The fourth-order valence-electron chi connectivity index (χ4n) is 2.35. The molecule has 0 bridgehead atoms. The first-order valence-electron chi connectivity index (χ1n) is 8.59. The topological polar surface area (TPSA) is 96.0 Å². The van der Waals surface area contributed by atoms with E-state index in [1.54, 1.807) is 24.3 Å². The smallest absolute Gasteiger partial charge is 0.297 e. The molecule has 28 heavy (non-hydrogen) atoms. The lowest BCUT2D eigenvalue weighted by atomic mass is 10.2. The highest BCUT2D eigenvalue weighted by Gasteiger charge is 2.23. The lowest BCUT2D eigenvalue weighted by Gasteiger charge is -2.17. The molecule has 0 unspecified atom stereocenters. The molecule has 0 radical (unpaired) electrons. The Hall–Kier alpha value is -1.78. The average Bonchev–Trinajstić information content (AvgIpc) is 2.62. The van der Waals surface area contributed by atoms with Crippen LogP contribution < -0.4 is 0 Å². The number of hydrogen-bond acceptors (Lipinski definition) is 7. The Kier molecular flexibility index (Phi) is 7.73. The summed E-state index contributed by atoms with van der Waals surface area (Å²) in [5.74, 6) is 0. The van der Waals surface area contributed by atoms with Crippen molar-refractivity contribution in [3.8, 4) is 0 Å². The summed E-state index contributed by atoms with van der Waals surface area (Å²) in [4.78, 5) is 0.0574. The SMILES string of the molecule is COC[C@@H](CCOS(=O)(=O)c1ccc(C)cc1)OS(=O)(=O)c1ccc(C)cc1. The molecule has 7 nitrogen and oxygen atoms in total. The van der Waals surface area contributed by atoms with Crippen molar-refractivity contribution in [3.63, 3.8) is 0 Å². The van der Waals surface area contributed by atoms with E-state index in [2.05, 4.69) is 0 Å². The van der Waals surface area contributed by atoms with Crippen molar-refractivity contribution in [2.75, 3.05) is 20.3 Å². The molecular formula is C19H24O7S2. The predicted molar refractivity (Wildman–Crippen MR) is 104 cm³/mol. The number of rotatable bonds is 10. The van der Waals surface area contributed by atoms with Crippen LogP contribution >= 0.6 is 0 Å². The molecule has 2 rings (SSSR count). The molecule has 0 aliphatic carbocycles. The second-order valence-corrected chi connectivity index (χ2v) is 9.51. The number of hydrogen-bond donors (Lipinski definition) is 0. The van der Waals surface area contributed by atoms with Crippen LogP contribution in [0.3, 0.4) is 0 Å². The highest BCUT2D eigenvalue weighted by atomic mass is 32.2. The maximum atomic E-state index is 12.4. The van der Waals surface area contributed by atoms with Gasteiger partial charge in [-0.3, -0.25) is 8.37 Å². The summed E-state index contributed by atoms with van der Waals surface area (Å²) in [6, 6.07) is 12.5. The molecule has 154 valence electrons. The van der Waals surface area contributed by atoms with Crippen molar-refractivity contribution in [3.05, 3.63) is 59.7 Å². The fourth-order valence-corrected chi connectivity index (χ4v) is 4.36. The third-order valence-corrected chi connectivity index (χ3v) is 6.61. The monoisotopic (exact) mass is 428 g/mol. The lowest BCUT2D eigenvalue weighted by molar-refractivity contribution is 0.0709. The van der Waals surface area contributed by atoms with Crippen molar-refractivity contribution < 1.29 is 29.9 Å². The Bertz CT molecular complexity index is 964. The van der Waals surface area contributed by atoms with Gasteiger partial charge in [-0.25, -0.2) is 0 Å². The third kappa shape index (κ3) is 6.39. The first-order chi connectivity index (χ1) is 13.1. The zero-order valence-corrected chi connectivity index (χ0v) is 17.6. The lowest BCUT2D eigenvalue weighted by Crippen LogP contribution is -2.25. The van der Waals surface area contributed by atoms with Gasteiger partial charge in [0.05, 0.1) is 23.0 Å². The molecule has 0 saturated carbocycles. The molecule has 0 saturated heterocycles. The highest BCUT2D eigenvalue weighted by Crippen LogP contribution is 2.18. The standard InChI is InChI=1S/C19H24O7S2/c1-15-4-8-18(9-5-15)27(20,21)25-13-12-17(14-24-3)26-28(22,23)19-10-6-16(2)7-11-19/h4-11,17H,12-14H2,1-3H3/t17-/m1/s1. The molecule has 0 aromatic heterocycles. The van der Waals surface area contributed by atoms with Gasteiger partial charge < -0.3 is 4.74 Å². The Balaban J connectivity index is 2.00. The second kappa shape index (κ2) is 9.62. The number of ether oxygens (including phenoxy) is 1. The van der Waals surface area contributed by atoms with E-state index in [1.807, 2.05) is 13.8 Å². The Morgan fingerprint density at radius 3 is 1.71 bits per heavy atom. The van der Waals surface area contributed by atoms with Crippen LogP contribution in [0.1, 0.15) is 17.5 Å². The Morgan fingerprint density at radius 2 is 1.25 bits per heavy atom. The van der Waals surface area contributed by atoms with Gasteiger partial charge in [0, 0.05) is 13.5 Å². The molecule has 2 aromatic carbocycles. The minimum atomic E-state index is -4.01. The normalized spacial score (nSPS) is 13.4. The number of methoxy groups -OCH3 is 1. The summed E-state index contributed by atoms with van der Waals surface area (Å²) in [6.45, 7) is 3.42. The van der Waals surface area contributed by atoms with Gasteiger partial charge >= 0.3 is 0 Å². The predicted octanol–water partition coefficient (Wildman–Crippen LogP) is 2.82.